The quantitative estimate of drug-likeness (QED) is 0.457. The zero-order valence-electron chi connectivity index (χ0n) is 10.9. The number of nitrogens with zero attached hydrogens (tertiary/aromatic N) is 1. The Morgan fingerprint density at radius 2 is 2.21 bits per heavy atom. The molecular weight excluding hydrogens is 281 g/mol. The average Bonchev–Trinajstić information content (AvgIpc) is 2.34. The van der Waals surface area contributed by atoms with Crippen molar-refractivity contribution >= 4 is 29.0 Å². The molecule has 0 aromatic carbocycles. The Balaban J connectivity index is 3.04. The summed E-state index contributed by atoms with van der Waals surface area (Å²) in [7, 11) is 0. The molecular formula is C15H15Cl2NO. The van der Waals surface area contributed by atoms with Crippen LogP contribution in [-0.4, -0.2) is 10.8 Å². The summed E-state index contributed by atoms with van der Waals surface area (Å²) in [5.41, 5.74) is 2.04. The second kappa shape index (κ2) is 7.27. The molecule has 19 heavy (non-hydrogen) atoms. The van der Waals surface area contributed by atoms with Gasteiger partial charge in [-0.3, -0.25) is 4.79 Å². The minimum Gasteiger partial charge on any atom is -0.294 e. The predicted octanol–water partition coefficient (Wildman–Crippen LogP) is 4.41. The van der Waals surface area contributed by atoms with E-state index in [4.69, 9.17) is 23.2 Å². The molecule has 0 fully saturated rings. The molecule has 0 unspecified atom stereocenters. The van der Waals surface area contributed by atoms with Crippen molar-refractivity contribution in [2.45, 2.75) is 20.3 Å². The van der Waals surface area contributed by atoms with Crippen LogP contribution in [0.4, 0.5) is 0 Å². The molecule has 100 valence electrons. The Bertz CT molecular complexity index is 539. The van der Waals surface area contributed by atoms with Crippen molar-refractivity contribution < 1.29 is 4.79 Å². The zero-order valence-corrected chi connectivity index (χ0v) is 12.4. The van der Waals surface area contributed by atoms with Gasteiger partial charge in [0.1, 0.15) is 5.15 Å². The highest BCUT2D eigenvalue weighted by molar-refractivity contribution is 6.35. The monoisotopic (exact) mass is 295 g/mol. The largest absolute Gasteiger partial charge is 0.294 e. The Morgan fingerprint density at radius 3 is 2.74 bits per heavy atom. The van der Waals surface area contributed by atoms with Crippen molar-refractivity contribution in [2.24, 2.45) is 0 Å². The van der Waals surface area contributed by atoms with Gasteiger partial charge in [-0.1, -0.05) is 48.0 Å². The molecule has 1 rings (SSSR count). The van der Waals surface area contributed by atoms with Crippen LogP contribution in [0.1, 0.15) is 18.1 Å². The molecule has 0 bridgehead atoms. The first kappa shape index (κ1) is 15.7. The first-order valence-corrected chi connectivity index (χ1v) is 6.54. The number of pyridine rings is 1. The smallest absolute Gasteiger partial charge is 0.168 e. The van der Waals surface area contributed by atoms with E-state index in [9.17, 15) is 4.79 Å². The van der Waals surface area contributed by atoms with E-state index >= 15 is 0 Å². The third-order valence-corrected chi connectivity index (χ3v) is 3.15. The molecule has 0 amide bonds. The van der Waals surface area contributed by atoms with E-state index in [1.165, 1.54) is 0 Å². The van der Waals surface area contributed by atoms with Gasteiger partial charge < -0.3 is 0 Å². The molecule has 0 radical (unpaired) electrons. The molecule has 0 aliphatic carbocycles. The zero-order chi connectivity index (χ0) is 14.4. The highest BCUT2D eigenvalue weighted by atomic mass is 35.5. The number of aryl methyl sites for hydroxylation is 1. The van der Waals surface area contributed by atoms with Crippen LogP contribution in [0.5, 0.6) is 0 Å². The lowest BCUT2D eigenvalue weighted by Crippen LogP contribution is -2.08. The minimum absolute atomic E-state index is 0.129. The summed E-state index contributed by atoms with van der Waals surface area (Å²) in [4.78, 5) is 16.2. The van der Waals surface area contributed by atoms with E-state index in [-0.39, 0.29) is 17.2 Å². The lowest BCUT2D eigenvalue weighted by Gasteiger charge is -2.08. The summed E-state index contributed by atoms with van der Waals surface area (Å²) < 4.78 is 0. The van der Waals surface area contributed by atoms with Crippen LogP contribution in [0.3, 0.4) is 0 Å². The number of carbonyl (C=O) groups excluding carboxylic acids is 1. The molecule has 0 spiro atoms. The van der Waals surface area contributed by atoms with Gasteiger partial charge >= 0.3 is 0 Å². The third-order valence-electron chi connectivity index (χ3n) is 2.62. The maximum Gasteiger partial charge on any atom is 0.168 e. The predicted molar refractivity (Wildman–Crippen MR) is 80.6 cm³/mol. The standard InChI is InChI=1S/C15H15Cl2NO/c1-4-5-6-12(11(3)16)14(19)9-13-10(2)7-8-18-15(13)17/h4-8H,3,9H2,1-2H3/b5-4-,12-6+. The van der Waals surface area contributed by atoms with Crippen molar-refractivity contribution in [1.82, 2.24) is 4.98 Å². The molecule has 1 aromatic heterocycles. The van der Waals surface area contributed by atoms with Crippen molar-refractivity contribution in [3.63, 3.8) is 0 Å². The van der Waals surface area contributed by atoms with E-state index in [0.717, 1.165) is 11.1 Å². The van der Waals surface area contributed by atoms with E-state index in [0.29, 0.717) is 10.7 Å². The van der Waals surface area contributed by atoms with Gasteiger partial charge in [-0.25, -0.2) is 4.98 Å². The number of hydrogen-bond donors (Lipinski definition) is 0. The molecule has 0 atom stereocenters. The Morgan fingerprint density at radius 1 is 1.53 bits per heavy atom. The summed E-state index contributed by atoms with van der Waals surface area (Å²) in [5.74, 6) is -0.129. The lowest BCUT2D eigenvalue weighted by molar-refractivity contribution is -0.114. The maximum absolute atomic E-state index is 12.2. The maximum atomic E-state index is 12.2. The van der Waals surface area contributed by atoms with Crippen molar-refractivity contribution in [1.29, 1.82) is 0 Å². The number of allylic oxidation sites excluding steroid dienone is 5. The van der Waals surface area contributed by atoms with E-state index < -0.39 is 0 Å². The number of rotatable bonds is 5. The fourth-order valence-electron chi connectivity index (χ4n) is 1.55. The highest BCUT2D eigenvalue weighted by Crippen LogP contribution is 2.21. The number of halogens is 2. The van der Waals surface area contributed by atoms with Crippen LogP contribution in [0.2, 0.25) is 5.15 Å². The number of aromatic nitrogens is 1. The molecule has 0 N–H and O–H groups in total. The molecule has 4 heteroatoms. The second-order valence-corrected chi connectivity index (χ2v) is 4.82. The summed E-state index contributed by atoms with van der Waals surface area (Å²) in [6, 6.07) is 1.82. The van der Waals surface area contributed by atoms with Gasteiger partial charge in [0, 0.05) is 28.8 Å². The first-order chi connectivity index (χ1) is 8.97. The number of hydrogen-bond acceptors (Lipinski definition) is 2. The van der Waals surface area contributed by atoms with Gasteiger partial charge in [-0.15, -0.1) is 0 Å². The van der Waals surface area contributed by atoms with E-state index in [2.05, 4.69) is 11.6 Å². The summed E-state index contributed by atoms with van der Waals surface area (Å²) >= 11 is 11.9. The van der Waals surface area contributed by atoms with Gasteiger partial charge in [0.15, 0.2) is 5.78 Å². The first-order valence-electron chi connectivity index (χ1n) is 5.78. The van der Waals surface area contributed by atoms with Crippen LogP contribution in [-0.2, 0) is 11.2 Å². The highest BCUT2D eigenvalue weighted by Gasteiger charge is 2.15. The summed E-state index contributed by atoms with van der Waals surface area (Å²) in [5, 5.41) is 0.569. The topological polar surface area (TPSA) is 30.0 Å². The van der Waals surface area contributed by atoms with E-state index in [1.807, 2.05) is 26.0 Å². The number of carbonyl (C=O) groups is 1. The molecule has 0 aliphatic heterocycles. The molecule has 1 aromatic rings. The van der Waals surface area contributed by atoms with Crippen LogP contribution in [0, 0.1) is 6.92 Å². The fourth-order valence-corrected chi connectivity index (χ4v) is 1.99. The molecule has 1 heterocycles. The van der Waals surface area contributed by atoms with Crippen LogP contribution >= 0.6 is 23.2 Å². The Labute approximate surface area is 123 Å². The van der Waals surface area contributed by atoms with Gasteiger partial charge in [-0.05, 0) is 25.5 Å². The van der Waals surface area contributed by atoms with Gasteiger partial charge in [0.05, 0.1) is 0 Å². The van der Waals surface area contributed by atoms with Crippen LogP contribution in [0.15, 0.2) is 47.7 Å². The molecule has 0 saturated heterocycles. The van der Waals surface area contributed by atoms with Gasteiger partial charge in [0.2, 0.25) is 0 Å². The third kappa shape index (κ3) is 4.34. The Hall–Kier alpha value is -1.38. The SMILES string of the molecule is C=C(Cl)/C(=C\C=C/C)C(=O)Cc1c(C)ccnc1Cl. The van der Waals surface area contributed by atoms with E-state index in [1.54, 1.807) is 18.3 Å². The Kier molecular flexibility index (Phi) is 6.00. The van der Waals surface area contributed by atoms with Crippen molar-refractivity contribution in [2.75, 3.05) is 0 Å². The second-order valence-electron chi connectivity index (χ2n) is 4.01. The number of ketones is 1. The van der Waals surface area contributed by atoms with Crippen molar-refractivity contribution in [3.8, 4) is 0 Å². The minimum atomic E-state index is -0.129. The molecule has 0 saturated carbocycles. The van der Waals surface area contributed by atoms with Crippen LogP contribution < -0.4 is 0 Å². The lowest BCUT2D eigenvalue weighted by atomic mass is 10.0. The van der Waals surface area contributed by atoms with Gasteiger partial charge in [-0.2, -0.15) is 0 Å². The van der Waals surface area contributed by atoms with Crippen molar-refractivity contribution in [3.05, 3.63) is 64.0 Å². The number of Topliss-reactive ketones (excluding diaryl/α,β-unsaturated/α-hetero) is 1. The normalized spacial score (nSPS) is 11.9. The average molecular weight is 296 g/mol. The van der Waals surface area contributed by atoms with Gasteiger partial charge in [0.25, 0.3) is 0 Å². The summed E-state index contributed by atoms with van der Waals surface area (Å²) in [6.45, 7) is 7.36. The molecule has 2 nitrogen and oxygen atoms in total. The summed E-state index contributed by atoms with van der Waals surface area (Å²) in [6.07, 6.45) is 6.99. The van der Waals surface area contributed by atoms with Crippen LogP contribution in [0.25, 0.3) is 0 Å². The fraction of sp³-hybridized carbons (Fsp3) is 0.200. The molecule has 0 aliphatic rings.